The van der Waals surface area contributed by atoms with E-state index in [-0.39, 0.29) is 0 Å². The Morgan fingerprint density at radius 2 is 1.80 bits per heavy atom. The monoisotopic (exact) mass is 207 g/mol. The summed E-state index contributed by atoms with van der Waals surface area (Å²) in [6.45, 7) is 4.53. The standard InChI is InChI=1S/C12H17NO2/c1-4-5-6-13-10-7-11(14-2)9-12(8-10)15-3/h4,7-9,13H,1,5-6H2,2-3H3. The van der Waals surface area contributed by atoms with Gasteiger partial charge in [0.15, 0.2) is 0 Å². The summed E-state index contributed by atoms with van der Waals surface area (Å²) >= 11 is 0. The molecule has 3 heteroatoms. The number of nitrogens with one attached hydrogen (secondary N) is 1. The lowest BCUT2D eigenvalue weighted by atomic mass is 10.2. The fraction of sp³-hybridized carbons (Fsp3) is 0.333. The highest BCUT2D eigenvalue weighted by Gasteiger charge is 2.00. The van der Waals surface area contributed by atoms with Crippen LogP contribution < -0.4 is 14.8 Å². The SMILES string of the molecule is C=CCCNc1cc(OC)cc(OC)c1. The summed E-state index contributed by atoms with van der Waals surface area (Å²) in [5, 5.41) is 3.26. The second-order valence-electron chi connectivity index (χ2n) is 3.11. The second kappa shape index (κ2) is 5.96. The van der Waals surface area contributed by atoms with E-state index in [4.69, 9.17) is 9.47 Å². The van der Waals surface area contributed by atoms with Crippen molar-refractivity contribution < 1.29 is 9.47 Å². The first-order valence-electron chi connectivity index (χ1n) is 4.88. The molecule has 0 bridgehead atoms. The van der Waals surface area contributed by atoms with E-state index in [0.717, 1.165) is 30.2 Å². The molecule has 0 aliphatic rings. The van der Waals surface area contributed by atoms with Crippen LogP contribution in [0.5, 0.6) is 11.5 Å². The lowest BCUT2D eigenvalue weighted by molar-refractivity contribution is 0.394. The molecule has 0 radical (unpaired) electrons. The third-order valence-corrected chi connectivity index (χ3v) is 2.03. The van der Waals surface area contributed by atoms with Crippen LogP contribution in [0.3, 0.4) is 0 Å². The molecule has 82 valence electrons. The predicted molar refractivity (Wildman–Crippen MR) is 62.8 cm³/mol. The molecule has 1 N–H and O–H groups in total. The summed E-state index contributed by atoms with van der Waals surface area (Å²) in [6, 6.07) is 5.72. The quantitative estimate of drug-likeness (QED) is 0.574. The van der Waals surface area contributed by atoms with Gasteiger partial charge < -0.3 is 14.8 Å². The van der Waals surface area contributed by atoms with Crippen LogP contribution in [-0.4, -0.2) is 20.8 Å². The average molecular weight is 207 g/mol. The molecule has 3 nitrogen and oxygen atoms in total. The van der Waals surface area contributed by atoms with Gasteiger partial charge in [0.2, 0.25) is 0 Å². The van der Waals surface area contributed by atoms with Crippen molar-refractivity contribution in [1.29, 1.82) is 0 Å². The normalized spacial score (nSPS) is 9.47. The molecule has 0 fully saturated rings. The van der Waals surface area contributed by atoms with Gasteiger partial charge in [0, 0.05) is 30.4 Å². The fourth-order valence-electron chi connectivity index (χ4n) is 1.23. The molecule has 1 aromatic carbocycles. The van der Waals surface area contributed by atoms with Crippen molar-refractivity contribution in [3.8, 4) is 11.5 Å². The lowest BCUT2D eigenvalue weighted by Gasteiger charge is -2.09. The molecule has 0 spiro atoms. The number of rotatable bonds is 6. The van der Waals surface area contributed by atoms with Crippen molar-refractivity contribution in [2.75, 3.05) is 26.1 Å². The second-order valence-corrected chi connectivity index (χ2v) is 3.11. The number of anilines is 1. The first kappa shape index (κ1) is 11.4. The van der Waals surface area contributed by atoms with E-state index in [2.05, 4.69) is 11.9 Å². The van der Waals surface area contributed by atoms with Crippen molar-refractivity contribution in [2.45, 2.75) is 6.42 Å². The van der Waals surface area contributed by atoms with Crippen molar-refractivity contribution >= 4 is 5.69 Å². The molecule has 1 aromatic rings. The highest BCUT2D eigenvalue weighted by molar-refractivity contribution is 5.53. The van der Waals surface area contributed by atoms with Gasteiger partial charge in [-0.05, 0) is 6.42 Å². The summed E-state index contributed by atoms with van der Waals surface area (Å²) in [5.41, 5.74) is 0.994. The molecule has 0 amide bonds. The van der Waals surface area contributed by atoms with Crippen LogP contribution in [0.4, 0.5) is 5.69 Å². The van der Waals surface area contributed by atoms with Gasteiger partial charge in [-0.15, -0.1) is 6.58 Å². The fourth-order valence-corrected chi connectivity index (χ4v) is 1.23. The summed E-state index contributed by atoms with van der Waals surface area (Å²) < 4.78 is 10.3. The van der Waals surface area contributed by atoms with E-state index in [0.29, 0.717) is 0 Å². The molecule has 0 unspecified atom stereocenters. The van der Waals surface area contributed by atoms with E-state index in [1.54, 1.807) is 14.2 Å². The van der Waals surface area contributed by atoms with Crippen molar-refractivity contribution in [1.82, 2.24) is 0 Å². The number of methoxy groups -OCH3 is 2. The number of ether oxygens (including phenoxy) is 2. The van der Waals surface area contributed by atoms with Crippen LogP contribution in [0.1, 0.15) is 6.42 Å². The van der Waals surface area contributed by atoms with Gasteiger partial charge in [-0.3, -0.25) is 0 Å². The van der Waals surface area contributed by atoms with Crippen molar-refractivity contribution in [2.24, 2.45) is 0 Å². The molecule has 0 aliphatic heterocycles. The maximum Gasteiger partial charge on any atom is 0.124 e. The molecule has 1 rings (SSSR count). The van der Waals surface area contributed by atoms with E-state index >= 15 is 0 Å². The summed E-state index contributed by atoms with van der Waals surface area (Å²) in [5.74, 6) is 1.57. The van der Waals surface area contributed by atoms with Crippen LogP contribution in [0.25, 0.3) is 0 Å². The maximum absolute atomic E-state index is 5.16. The minimum Gasteiger partial charge on any atom is -0.497 e. The Hall–Kier alpha value is -1.64. The Morgan fingerprint density at radius 1 is 1.20 bits per heavy atom. The minimum atomic E-state index is 0.787. The molecular weight excluding hydrogens is 190 g/mol. The van der Waals surface area contributed by atoms with Crippen molar-refractivity contribution in [3.05, 3.63) is 30.9 Å². The molecule has 0 saturated carbocycles. The molecule has 0 saturated heterocycles. The van der Waals surface area contributed by atoms with Gasteiger partial charge in [0.25, 0.3) is 0 Å². The molecular formula is C12H17NO2. The van der Waals surface area contributed by atoms with Gasteiger partial charge in [-0.25, -0.2) is 0 Å². The van der Waals surface area contributed by atoms with Crippen LogP contribution in [-0.2, 0) is 0 Å². The molecule has 0 aliphatic carbocycles. The van der Waals surface area contributed by atoms with E-state index in [9.17, 15) is 0 Å². The number of benzene rings is 1. The van der Waals surface area contributed by atoms with Gasteiger partial charge in [-0.2, -0.15) is 0 Å². The Labute approximate surface area is 90.7 Å². The topological polar surface area (TPSA) is 30.5 Å². The lowest BCUT2D eigenvalue weighted by Crippen LogP contribution is -2.00. The zero-order valence-corrected chi connectivity index (χ0v) is 9.25. The average Bonchev–Trinajstić information content (AvgIpc) is 2.29. The van der Waals surface area contributed by atoms with Gasteiger partial charge in [0.1, 0.15) is 11.5 Å². The van der Waals surface area contributed by atoms with Gasteiger partial charge in [-0.1, -0.05) is 6.08 Å². The molecule has 0 aromatic heterocycles. The predicted octanol–water partition coefficient (Wildman–Crippen LogP) is 2.69. The zero-order valence-electron chi connectivity index (χ0n) is 9.25. The Bertz CT molecular complexity index is 301. The Balaban J connectivity index is 2.72. The van der Waals surface area contributed by atoms with E-state index < -0.39 is 0 Å². The Morgan fingerprint density at radius 3 is 2.27 bits per heavy atom. The van der Waals surface area contributed by atoms with Crippen LogP contribution in [0, 0.1) is 0 Å². The highest BCUT2D eigenvalue weighted by atomic mass is 16.5. The number of hydrogen-bond donors (Lipinski definition) is 1. The zero-order chi connectivity index (χ0) is 11.1. The number of hydrogen-bond acceptors (Lipinski definition) is 3. The van der Waals surface area contributed by atoms with E-state index in [1.807, 2.05) is 24.3 Å². The van der Waals surface area contributed by atoms with Crippen LogP contribution in [0.15, 0.2) is 30.9 Å². The van der Waals surface area contributed by atoms with Crippen LogP contribution in [0.2, 0.25) is 0 Å². The molecule has 0 atom stereocenters. The van der Waals surface area contributed by atoms with Crippen LogP contribution >= 0.6 is 0 Å². The summed E-state index contributed by atoms with van der Waals surface area (Å²) in [7, 11) is 3.28. The summed E-state index contributed by atoms with van der Waals surface area (Å²) in [6.07, 6.45) is 2.81. The van der Waals surface area contributed by atoms with Gasteiger partial charge in [0.05, 0.1) is 14.2 Å². The third-order valence-electron chi connectivity index (χ3n) is 2.03. The maximum atomic E-state index is 5.16. The van der Waals surface area contributed by atoms with Gasteiger partial charge >= 0.3 is 0 Å². The Kier molecular flexibility index (Phi) is 4.54. The summed E-state index contributed by atoms with van der Waals surface area (Å²) in [4.78, 5) is 0. The minimum absolute atomic E-state index is 0.787. The molecule has 0 heterocycles. The molecule has 15 heavy (non-hydrogen) atoms. The first-order chi connectivity index (χ1) is 7.30. The smallest absolute Gasteiger partial charge is 0.124 e. The largest absolute Gasteiger partial charge is 0.497 e. The highest BCUT2D eigenvalue weighted by Crippen LogP contribution is 2.25. The third kappa shape index (κ3) is 3.54. The van der Waals surface area contributed by atoms with Crippen molar-refractivity contribution in [3.63, 3.8) is 0 Å². The first-order valence-corrected chi connectivity index (χ1v) is 4.88. The van der Waals surface area contributed by atoms with E-state index in [1.165, 1.54) is 0 Å².